The Labute approximate surface area is 191 Å². The summed E-state index contributed by atoms with van der Waals surface area (Å²) in [5, 5.41) is 6.31. The molecule has 0 bridgehead atoms. The van der Waals surface area contributed by atoms with Crippen LogP contribution in [0.15, 0.2) is 54.6 Å². The van der Waals surface area contributed by atoms with Crippen molar-refractivity contribution in [3.63, 3.8) is 0 Å². The van der Waals surface area contributed by atoms with Crippen LogP contribution in [0.3, 0.4) is 0 Å². The van der Waals surface area contributed by atoms with Crippen molar-refractivity contribution in [1.29, 1.82) is 0 Å². The highest BCUT2D eigenvalue weighted by Crippen LogP contribution is 2.20. The van der Waals surface area contributed by atoms with Gasteiger partial charge in [0.15, 0.2) is 6.61 Å². The van der Waals surface area contributed by atoms with Crippen LogP contribution < -0.4 is 15.4 Å². The zero-order valence-corrected chi connectivity index (χ0v) is 18.7. The quantitative estimate of drug-likeness (QED) is 0.454. The van der Waals surface area contributed by atoms with Gasteiger partial charge in [-0.15, -0.1) is 0 Å². The van der Waals surface area contributed by atoms with Crippen LogP contribution in [0, 0.1) is 5.82 Å². The molecule has 0 aliphatic carbocycles. The third kappa shape index (κ3) is 8.99. The molecule has 2 rings (SSSR count). The molecule has 8 heteroatoms. The van der Waals surface area contributed by atoms with Crippen molar-refractivity contribution in [3.8, 4) is 5.75 Å². The van der Waals surface area contributed by atoms with Gasteiger partial charge in [0, 0.05) is 30.1 Å². The van der Waals surface area contributed by atoms with Crippen LogP contribution in [-0.4, -0.2) is 24.5 Å². The summed E-state index contributed by atoms with van der Waals surface area (Å²) in [6, 6.07) is 10.9. The van der Waals surface area contributed by atoms with E-state index in [2.05, 4.69) is 17.2 Å². The highest BCUT2D eigenvalue weighted by molar-refractivity contribution is 6.30. The van der Waals surface area contributed by atoms with Gasteiger partial charge in [0.25, 0.3) is 5.91 Å². The summed E-state index contributed by atoms with van der Waals surface area (Å²) in [4.78, 5) is 24.2. The first-order valence-electron chi connectivity index (χ1n) is 9.78. The van der Waals surface area contributed by atoms with E-state index in [-0.39, 0.29) is 35.2 Å². The molecule has 2 N–H and O–H groups in total. The third-order valence-corrected chi connectivity index (χ3v) is 5.05. The van der Waals surface area contributed by atoms with Gasteiger partial charge in [-0.3, -0.25) is 9.59 Å². The van der Waals surface area contributed by atoms with Crippen LogP contribution in [0.2, 0.25) is 10.0 Å². The van der Waals surface area contributed by atoms with Crippen LogP contribution in [0.25, 0.3) is 0 Å². The number of amides is 2. The molecule has 2 aromatic carbocycles. The van der Waals surface area contributed by atoms with Gasteiger partial charge in [-0.2, -0.15) is 0 Å². The lowest BCUT2D eigenvalue weighted by Crippen LogP contribution is -2.38. The largest absolute Gasteiger partial charge is 0.484 e. The molecule has 1 atom stereocenters. The molecule has 0 saturated carbocycles. The van der Waals surface area contributed by atoms with E-state index in [1.165, 1.54) is 12.1 Å². The Bertz CT molecular complexity index is 920. The van der Waals surface area contributed by atoms with Crippen molar-refractivity contribution in [1.82, 2.24) is 10.6 Å². The Morgan fingerprint density at radius 3 is 2.48 bits per heavy atom. The molecular formula is C23H25Cl2FN2O3. The summed E-state index contributed by atoms with van der Waals surface area (Å²) >= 11 is 11.5. The molecule has 1 unspecified atom stereocenters. The van der Waals surface area contributed by atoms with Crippen molar-refractivity contribution >= 4 is 35.0 Å². The first kappa shape index (κ1) is 24.7. The molecule has 0 spiro atoms. The molecule has 5 nitrogen and oxygen atoms in total. The van der Waals surface area contributed by atoms with E-state index in [9.17, 15) is 14.0 Å². The molecule has 0 aliphatic rings. The molecule has 31 heavy (non-hydrogen) atoms. The molecule has 166 valence electrons. The molecule has 0 aliphatic heterocycles. The smallest absolute Gasteiger partial charge is 0.258 e. The predicted octanol–water partition coefficient (Wildman–Crippen LogP) is 5.06. The van der Waals surface area contributed by atoms with E-state index in [1.54, 1.807) is 19.1 Å². The summed E-state index contributed by atoms with van der Waals surface area (Å²) in [6.07, 6.45) is 1.46. The number of carbonyl (C=O) groups is 2. The lowest BCUT2D eigenvalue weighted by atomic mass is 10.0. The van der Waals surface area contributed by atoms with Gasteiger partial charge in [-0.05, 0) is 49.6 Å². The van der Waals surface area contributed by atoms with E-state index in [4.69, 9.17) is 27.9 Å². The standard InChI is InChI=1S/C23H25Cl2FN2O3/c1-15(2)21(28-23(30)14-31-18-10-11-19(25)20(26)12-18)4-3-5-22(29)27-13-16-6-8-17(24)9-7-16/h6-12,21H,1,3-5,13-14H2,2H3,(H,27,29)(H,28,30). The Morgan fingerprint density at radius 1 is 1.13 bits per heavy atom. The number of rotatable bonds is 11. The summed E-state index contributed by atoms with van der Waals surface area (Å²) < 4.78 is 18.7. The first-order chi connectivity index (χ1) is 14.7. The van der Waals surface area contributed by atoms with Crippen molar-refractivity contribution in [2.45, 2.75) is 38.8 Å². The fourth-order valence-electron chi connectivity index (χ4n) is 2.75. The zero-order valence-electron chi connectivity index (χ0n) is 17.2. The Kier molecular flexibility index (Phi) is 9.82. The fraction of sp³-hybridized carbons (Fsp3) is 0.304. The average molecular weight is 467 g/mol. The summed E-state index contributed by atoms with van der Waals surface area (Å²) in [7, 11) is 0. The van der Waals surface area contributed by atoms with Gasteiger partial charge >= 0.3 is 0 Å². The van der Waals surface area contributed by atoms with Crippen LogP contribution in [-0.2, 0) is 16.1 Å². The zero-order chi connectivity index (χ0) is 22.8. The second-order valence-electron chi connectivity index (χ2n) is 7.13. The number of hydrogen-bond donors (Lipinski definition) is 2. The van der Waals surface area contributed by atoms with Crippen molar-refractivity contribution in [3.05, 3.63) is 76.0 Å². The van der Waals surface area contributed by atoms with Crippen LogP contribution >= 0.6 is 23.2 Å². The molecule has 0 saturated heterocycles. The van der Waals surface area contributed by atoms with Crippen LogP contribution in [0.1, 0.15) is 31.7 Å². The number of hydrogen-bond acceptors (Lipinski definition) is 3. The number of halogens is 3. The van der Waals surface area contributed by atoms with E-state index in [1.807, 2.05) is 12.1 Å². The molecule has 0 aromatic heterocycles. The third-order valence-electron chi connectivity index (χ3n) is 4.49. The minimum absolute atomic E-state index is 0.0173. The Balaban J connectivity index is 1.71. The number of benzene rings is 2. The van der Waals surface area contributed by atoms with Gasteiger partial charge in [-0.1, -0.05) is 47.5 Å². The maximum atomic E-state index is 13.4. The predicted molar refractivity (Wildman–Crippen MR) is 121 cm³/mol. The minimum atomic E-state index is -0.617. The molecule has 0 fully saturated rings. The molecule has 0 heterocycles. The number of ether oxygens (including phenoxy) is 1. The van der Waals surface area contributed by atoms with Gasteiger partial charge in [0.05, 0.1) is 5.02 Å². The van der Waals surface area contributed by atoms with E-state index in [0.717, 1.165) is 17.2 Å². The maximum absolute atomic E-state index is 13.4. The minimum Gasteiger partial charge on any atom is -0.484 e. The van der Waals surface area contributed by atoms with E-state index in [0.29, 0.717) is 30.8 Å². The van der Waals surface area contributed by atoms with Crippen molar-refractivity contribution < 1.29 is 18.7 Å². The van der Waals surface area contributed by atoms with Gasteiger partial charge < -0.3 is 15.4 Å². The van der Waals surface area contributed by atoms with Crippen LogP contribution in [0.4, 0.5) is 4.39 Å². The number of carbonyl (C=O) groups excluding carboxylic acids is 2. The fourth-order valence-corrected chi connectivity index (χ4v) is 2.99. The molecule has 2 amide bonds. The summed E-state index contributed by atoms with van der Waals surface area (Å²) in [5.74, 6) is -0.847. The van der Waals surface area contributed by atoms with E-state index >= 15 is 0 Å². The summed E-state index contributed by atoms with van der Waals surface area (Å²) in [5.41, 5.74) is 1.73. The Morgan fingerprint density at radius 2 is 1.84 bits per heavy atom. The Hall–Kier alpha value is -2.57. The first-order valence-corrected chi connectivity index (χ1v) is 10.5. The SMILES string of the molecule is C=C(C)C(CCCC(=O)NCc1ccc(Cl)cc1)NC(=O)COc1ccc(Cl)c(F)c1. The normalized spacial score (nSPS) is 11.5. The van der Waals surface area contributed by atoms with Gasteiger partial charge in [0.1, 0.15) is 11.6 Å². The van der Waals surface area contributed by atoms with Gasteiger partial charge in [0.2, 0.25) is 5.91 Å². The lowest BCUT2D eigenvalue weighted by Gasteiger charge is -2.19. The van der Waals surface area contributed by atoms with Crippen LogP contribution in [0.5, 0.6) is 5.75 Å². The van der Waals surface area contributed by atoms with Crippen molar-refractivity contribution in [2.24, 2.45) is 0 Å². The topological polar surface area (TPSA) is 67.4 Å². The van der Waals surface area contributed by atoms with E-state index < -0.39 is 5.82 Å². The maximum Gasteiger partial charge on any atom is 0.258 e. The highest BCUT2D eigenvalue weighted by atomic mass is 35.5. The monoisotopic (exact) mass is 466 g/mol. The average Bonchev–Trinajstić information content (AvgIpc) is 2.73. The molecular weight excluding hydrogens is 442 g/mol. The second kappa shape index (κ2) is 12.3. The molecule has 0 radical (unpaired) electrons. The second-order valence-corrected chi connectivity index (χ2v) is 7.97. The highest BCUT2D eigenvalue weighted by Gasteiger charge is 2.15. The lowest BCUT2D eigenvalue weighted by molar-refractivity contribution is -0.123. The summed E-state index contributed by atoms with van der Waals surface area (Å²) in [6.45, 7) is 5.86. The van der Waals surface area contributed by atoms with Gasteiger partial charge in [-0.25, -0.2) is 4.39 Å². The van der Waals surface area contributed by atoms with Crippen molar-refractivity contribution in [2.75, 3.05) is 6.61 Å². The number of nitrogens with one attached hydrogen (secondary N) is 2. The molecule has 2 aromatic rings.